The number of nitrogens with zero attached hydrogens (tertiary/aromatic N) is 4. The van der Waals surface area contributed by atoms with Gasteiger partial charge in [-0.05, 0) is 40.8 Å². The molecular weight excluding hydrogens is 344 g/mol. The van der Waals surface area contributed by atoms with Crippen molar-refractivity contribution in [2.75, 3.05) is 7.11 Å². The molecule has 0 radical (unpaired) electrons. The molecule has 0 unspecified atom stereocenters. The molecule has 0 atom stereocenters. The topological polar surface area (TPSA) is 109 Å². The first kappa shape index (κ1) is 15.4. The third-order valence-corrected chi connectivity index (χ3v) is 4.79. The molecule has 0 saturated carbocycles. The highest BCUT2D eigenvalue weighted by Gasteiger charge is 2.23. The third kappa shape index (κ3) is 2.42. The second kappa shape index (κ2) is 5.87. The monoisotopic (exact) mass is 358 g/mol. The van der Waals surface area contributed by atoms with Crippen LogP contribution in [0.4, 0.5) is 0 Å². The van der Waals surface area contributed by atoms with Crippen LogP contribution in [0.5, 0.6) is 0 Å². The van der Waals surface area contributed by atoms with E-state index in [0.717, 1.165) is 23.2 Å². The van der Waals surface area contributed by atoms with Crippen LogP contribution in [0.25, 0.3) is 33.6 Å². The van der Waals surface area contributed by atoms with Crippen molar-refractivity contribution in [1.82, 2.24) is 30.8 Å². The van der Waals surface area contributed by atoms with E-state index >= 15 is 0 Å². The second-order valence-corrected chi connectivity index (χ2v) is 6.29. The molecule has 2 heterocycles. The largest absolute Gasteiger partial charge is 0.464 e. The fraction of sp³-hybridized carbons (Fsp3) is 0.105. The van der Waals surface area contributed by atoms with E-state index in [-0.39, 0.29) is 5.69 Å². The average Bonchev–Trinajstić information content (AvgIpc) is 3.45. The van der Waals surface area contributed by atoms with E-state index in [1.165, 1.54) is 29.4 Å². The predicted octanol–water partition coefficient (Wildman–Crippen LogP) is 2.61. The number of hydrogen-bond donors (Lipinski definition) is 2. The molecule has 0 fully saturated rings. The Labute approximate surface area is 153 Å². The van der Waals surface area contributed by atoms with Crippen LogP contribution in [-0.2, 0) is 11.2 Å². The Balaban J connectivity index is 1.54. The quantitative estimate of drug-likeness (QED) is 0.480. The maximum absolute atomic E-state index is 11.9. The number of fused-ring (bicyclic) bond motifs is 3. The summed E-state index contributed by atoms with van der Waals surface area (Å²) in [5.41, 5.74) is 8.15. The first-order valence-corrected chi connectivity index (χ1v) is 8.36. The molecule has 0 bridgehead atoms. The van der Waals surface area contributed by atoms with Crippen molar-refractivity contribution in [2.45, 2.75) is 6.42 Å². The van der Waals surface area contributed by atoms with Crippen molar-refractivity contribution < 1.29 is 9.53 Å². The molecule has 1 aliphatic carbocycles. The van der Waals surface area contributed by atoms with Gasteiger partial charge in [0.2, 0.25) is 0 Å². The molecule has 0 spiro atoms. The van der Waals surface area contributed by atoms with Crippen molar-refractivity contribution in [3.63, 3.8) is 0 Å². The number of methoxy groups -OCH3 is 1. The lowest BCUT2D eigenvalue weighted by atomic mass is 10.0. The van der Waals surface area contributed by atoms with Gasteiger partial charge in [0, 0.05) is 11.1 Å². The molecule has 27 heavy (non-hydrogen) atoms. The van der Waals surface area contributed by atoms with Gasteiger partial charge in [0.25, 0.3) is 0 Å². The summed E-state index contributed by atoms with van der Waals surface area (Å²) in [5, 5.41) is 21.2. The molecule has 2 aromatic heterocycles. The van der Waals surface area contributed by atoms with Gasteiger partial charge in [-0.25, -0.2) is 4.79 Å². The van der Waals surface area contributed by atoms with Crippen LogP contribution < -0.4 is 0 Å². The maximum atomic E-state index is 11.9. The number of rotatable bonds is 3. The summed E-state index contributed by atoms with van der Waals surface area (Å²) >= 11 is 0. The van der Waals surface area contributed by atoms with Gasteiger partial charge in [0.05, 0.1) is 13.3 Å². The standard InChI is InChI=1S/C19H14N6O2/c1-27-19(26)18-17(22-25-23-18)11-3-5-15-13(7-11)8-12-6-10(2-4-14(12)15)16-9-20-24-21-16/h2-7,9H,8H2,1H3,(H,20,21,24)(H,22,23,25). The number of hydrogen-bond acceptors (Lipinski definition) is 6. The van der Waals surface area contributed by atoms with Crippen molar-refractivity contribution in [1.29, 1.82) is 0 Å². The van der Waals surface area contributed by atoms with Crippen LogP contribution in [-0.4, -0.2) is 43.9 Å². The Morgan fingerprint density at radius 2 is 1.70 bits per heavy atom. The molecule has 8 nitrogen and oxygen atoms in total. The molecular formula is C19H14N6O2. The summed E-state index contributed by atoms with van der Waals surface area (Å²) in [7, 11) is 1.33. The molecule has 0 aliphatic heterocycles. The molecule has 0 saturated heterocycles. The first-order chi connectivity index (χ1) is 13.2. The lowest BCUT2D eigenvalue weighted by molar-refractivity contribution is 0.0595. The molecule has 5 rings (SSSR count). The molecule has 1 aliphatic rings. The zero-order chi connectivity index (χ0) is 18.4. The number of carbonyl (C=O) groups excluding carboxylic acids is 1. The summed E-state index contributed by atoms with van der Waals surface area (Å²) in [6.07, 6.45) is 2.51. The summed E-state index contributed by atoms with van der Waals surface area (Å²) < 4.78 is 4.77. The zero-order valence-electron chi connectivity index (χ0n) is 14.4. The van der Waals surface area contributed by atoms with E-state index in [1.807, 2.05) is 12.1 Å². The highest BCUT2D eigenvalue weighted by molar-refractivity contribution is 5.94. The molecule has 132 valence electrons. The number of esters is 1. The number of benzene rings is 2. The zero-order valence-corrected chi connectivity index (χ0v) is 14.4. The van der Waals surface area contributed by atoms with Crippen molar-refractivity contribution in [2.24, 2.45) is 0 Å². The second-order valence-electron chi connectivity index (χ2n) is 6.29. The number of carbonyl (C=O) groups is 1. The highest BCUT2D eigenvalue weighted by atomic mass is 16.5. The van der Waals surface area contributed by atoms with Gasteiger partial charge in [-0.1, -0.05) is 24.3 Å². The number of aromatic amines is 2. The van der Waals surface area contributed by atoms with E-state index in [9.17, 15) is 4.79 Å². The van der Waals surface area contributed by atoms with Crippen LogP contribution in [0.3, 0.4) is 0 Å². The minimum Gasteiger partial charge on any atom is -0.464 e. The highest BCUT2D eigenvalue weighted by Crippen LogP contribution is 2.40. The van der Waals surface area contributed by atoms with Crippen molar-refractivity contribution in [3.8, 4) is 33.6 Å². The normalized spacial score (nSPS) is 11.9. The first-order valence-electron chi connectivity index (χ1n) is 8.36. The molecule has 0 amide bonds. The van der Waals surface area contributed by atoms with Crippen LogP contribution in [0.2, 0.25) is 0 Å². The summed E-state index contributed by atoms with van der Waals surface area (Å²) in [6.45, 7) is 0. The van der Waals surface area contributed by atoms with Crippen molar-refractivity contribution in [3.05, 3.63) is 59.4 Å². The van der Waals surface area contributed by atoms with Gasteiger partial charge < -0.3 is 4.74 Å². The van der Waals surface area contributed by atoms with E-state index in [1.54, 1.807) is 6.20 Å². The van der Waals surface area contributed by atoms with E-state index in [2.05, 4.69) is 55.1 Å². The van der Waals surface area contributed by atoms with Gasteiger partial charge in [0.15, 0.2) is 5.69 Å². The SMILES string of the molecule is COC(=O)c1n[nH]nc1-c1ccc2c(c1)Cc1cc(-c3cn[nH]n3)ccc1-2. The van der Waals surface area contributed by atoms with Gasteiger partial charge in [-0.3, -0.25) is 0 Å². The summed E-state index contributed by atoms with van der Waals surface area (Å²) in [5.74, 6) is -0.514. The Bertz CT molecular complexity index is 1160. The summed E-state index contributed by atoms with van der Waals surface area (Å²) in [4.78, 5) is 11.9. The van der Waals surface area contributed by atoms with Gasteiger partial charge >= 0.3 is 5.97 Å². The number of aromatic nitrogens is 6. The number of ether oxygens (including phenoxy) is 1. The predicted molar refractivity (Wildman–Crippen MR) is 96.8 cm³/mol. The Morgan fingerprint density at radius 3 is 2.41 bits per heavy atom. The maximum Gasteiger partial charge on any atom is 0.360 e. The lowest BCUT2D eigenvalue weighted by Crippen LogP contribution is -2.03. The smallest absolute Gasteiger partial charge is 0.360 e. The van der Waals surface area contributed by atoms with Gasteiger partial charge in [-0.15, -0.1) is 5.10 Å². The van der Waals surface area contributed by atoms with Gasteiger partial charge in [-0.2, -0.15) is 25.7 Å². The van der Waals surface area contributed by atoms with Crippen LogP contribution >= 0.6 is 0 Å². The number of H-pyrrole nitrogens is 2. The van der Waals surface area contributed by atoms with Crippen LogP contribution in [0.1, 0.15) is 21.6 Å². The van der Waals surface area contributed by atoms with E-state index < -0.39 is 5.97 Å². The van der Waals surface area contributed by atoms with Crippen LogP contribution in [0.15, 0.2) is 42.6 Å². The summed E-state index contributed by atoms with van der Waals surface area (Å²) in [6, 6.07) is 12.4. The number of nitrogens with one attached hydrogen (secondary N) is 2. The molecule has 2 aromatic carbocycles. The Kier molecular flexibility index (Phi) is 3.36. The fourth-order valence-electron chi connectivity index (χ4n) is 3.53. The van der Waals surface area contributed by atoms with E-state index in [4.69, 9.17) is 4.74 Å². The van der Waals surface area contributed by atoms with Crippen molar-refractivity contribution >= 4 is 5.97 Å². The van der Waals surface area contributed by atoms with Gasteiger partial charge in [0.1, 0.15) is 11.4 Å². The average molecular weight is 358 g/mol. The Morgan fingerprint density at radius 1 is 0.963 bits per heavy atom. The molecule has 4 aromatic rings. The van der Waals surface area contributed by atoms with Crippen LogP contribution in [0, 0.1) is 0 Å². The minimum absolute atomic E-state index is 0.182. The molecule has 2 N–H and O–H groups in total. The van der Waals surface area contributed by atoms with E-state index in [0.29, 0.717) is 5.69 Å². The molecule has 8 heteroatoms. The third-order valence-electron chi connectivity index (χ3n) is 4.79. The Hall–Kier alpha value is -3.81. The lowest BCUT2D eigenvalue weighted by Gasteiger charge is -2.05. The minimum atomic E-state index is -0.514. The fourth-order valence-corrected chi connectivity index (χ4v) is 3.53.